The van der Waals surface area contributed by atoms with Gasteiger partial charge in [-0.2, -0.15) is 0 Å². The average Bonchev–Trinajstić information content (AvgIpc) is 3.35. The molecule has 1 fully saturated rings. The van der Waals surface area contributed by atoms with Gasteiger partial charge < -0.3 is 24.6 Å². The second-order valence-corrected chi connectivity index (χ2v) is 8.72. The van der Waals surface area contributed by atoms with Crippen LogP contribution in [0.25, 0.3) is 27.4 Å². The normalized spacial score (nSPS) is 14.9. The van der Waals surface area contributed by atoms with Crippen LogP contribution in [0.1, 0.15) is 23.2 Å². The van der Waals surface area contributed by atoms with Crippen LogP contribution in [0.3, 0.4) is 0 Å². The molecule has 1 saturated heterocycles. The molecule has 0 aliphatic carbocycles. The first-order chi connectivity index (χ1) is 16.5. The van der Waals surface area contributed by atoms with Crippen molar-refractivity contribution in [2.75, 3.05) is 31.5 Å². The molecule has 2 N–H and O–H groups in total. The molecular weight excluding hydrogens is 437 g/mol. The number of halogens is 1. The summed E-state index contributed by atoms with van der Waals surface area (Å²) >= 11 is 0. The summed E-state index contributed by atoms with van der Waals surface area (Å²) < 4.78 is 23.2. The molecule has 34 heavy (non-hydrogen) atoms. The number of carboxylic acid groups (broad SMARTS) is 1. The van der Waals surface area contributed by atoms with E-state index in [0.29, 0.717) is 23.5 Å². The van der Waals surface area contributed by atoms with Crippen LogP contribution in [0.4, 0.5) is 10.1 Å². The Morgan fingerprint density at radius 3 is 2.71 bits per heavy atom. The molecule has 3 aromatic carbocycles. The number of ether oxygens (including phenoxy) is 1. The Hall–Kier alpha value is -3.91. The second kappa shape index (κ2) is 7.85. The molecule has 4 aromatic rings. The summed E-state index contributed by atoms with van der Waals surface area (Å²) in [5, 5.41) is 14.6. The summed E-state index contributed by atoms with van der Waals surface area (Å²) in [6.07, 6.45) is 3.65. The van der Waals surface area contributed by atoms with Gasteiger partial charge in [0.15, 0.2) is 17.3 Å². The topological polar surface area (TPSA) is 83.8 Å². The quantitative estimate of drug-likeness (QED) is 0.400. The Balaban J connectivity index is 1.59. The van der Waals surface area contributed by atoms with Crippen LogP contribution in [-0.4, -0.2) is 46.7 Å². The van der Waals surface area contributed by atoms with E-state index in [0.717, 1.165) is 36.5 Å². The molecule has 0 unspecified atom stereocenters. The number of hydrogen-bond acceptors (Lipinski definition) is 5. The number of aromatic carboxylic acids is 1. The third kappa shape index (κ3) is 3.13. The molecule has 6 rings (SSSR count). The van der Waals surface area contributed by atoms with Crippen molar-refractivity contribution in [1.82, 2.24) is 9.47 Å². The number of aromatic nitrogens is 1. The van der Waals surface area contributed by atoms with Gasteiger partial charge in [-0.3, -0.25) is 4.79 Å². The van der Waals surface area contributed by atoms with Crippen molar-refractivity contribution in [1.29, 1.82) is 0 Å². The fraction of sp³-hybridized carbons (Fsp3) is 0.231. The van der Waals surface area contributed by atoms with Crippen molar-refractivity contribution in [3.8, 4) is 17.2 Å². The van der Waals surface area contributed by atoms with Crippen molar-refractivity contribution < 1.29 is 19.0 Å². The maximum Gasteiger partial charge on any atom is 0.341 e. The van der Waals surface area contributed by atoms with Gasteiger partial charge in [-0.25, -0.2) is 9.18 Å². The Morgan fingerprint density at radius 1 is 1.12 bits per heavy atom. The van der Waals surface area contributed by atoms with Gasteiger partial charge >= 0.3 is 5.97 Å². The van der Waals surface area contributed by atoms with E-state index < -0.39 is 22.8 Å². The number of carboxylic acids is 1. The second-order valence-electron chi connectivity index (χ2n) is 8.72. The highest BCUT2D eigenvalue weighted by Crippen LogP contribution is 2.47. The maximum atomic E-state index is 15.3. The lowest BCUT2D eigenvalue weighted by Crippen LogP contribution is -2.26. The maximum absolute atomic E-state index is 15.3. The third-order valence-electron chi connectivity index (χ3n) is 6.67. The first kappa shape index (κ1) is 20.7. The van der Waals surface area contributed by atoms with E-state index in [-0.39, 0.29) is 16.8 Å². The van der Waals surface area contributed by atoms with Gasteiger partial charge in [0.2, 0.25) is 5.43 Å². The smallest absolute Gasteiger partial charge is 0.341 e. The zero-order chi connectivity index (χ0) is 23.4. The lowest BCUT2D eigenvalue weighted by Gasteiger charge is -2.27. The zero-order valence-electron chi connectivity index (χ0n) is 18.3. The summed E-state index contributed by atoms with van der Waals surface area (Å²) in [7, 11) is 0. The van der Waals surface area contributed by atoms with Gasteiger partial charge in [-0.05, 0) is 43.5 Å². The molecule has 0 atom stereocenters. The fourth-order valence-electron chi connectivity index (χ4n) is 5.04. The SMILES string of the molecule is O=C(O)c1cn2c3c(c(NCCN4CCCC4)c(F)cc3c1=O)Oc1ccc3ccccc3c1-2. The van der Waals surface area contributed by atoms with Crippen molar-refractivity contribution >= 4 is 33.3 Å². The summed E-state index contributed by atoms with van der Waals surface area (Å²) in [5.41, 5.74) is -0.0263. The van der Waals surface area contributed by atoms with Crippen molar-refractivity contribution in [3.63, 3.8) is 0 Å². The molecule has 0 bridgehead atoms. The largest absolute Gasteiger partial charge is 0.477 e. The van der Waals surface area contributed by atoms with Crippen LogP contribution < -0.4 is 15.5 Å². The molecule has 2 aliphatic heterocycles. The number of anilines is 1. The Bertz CT molecular complexity index is 1540. The van der Waals surface area contributed by atoms with Crippen LogP contribution in [0.5, 0.6) is 11.5 Å². The molecule has 172 valence electrons. The molecule has 1 aromatic heterocycles. The van der Waals surface area contributed by atoms with Crippen molar-refractivity contribution in [2.45, 2.75) is 12.8 Å². The van der Waals surface area contributed by atoms with E-state index in [1.54, 1.807) is 10.6 Å². The Morgan fingerprint density at radius 2 is 1.91 bits per heavy atom. The predicted octanol–water partition coefficient (Wildman–Crippen LogP) is 4.59. The number of likely N-dealkylation sites (tertiary alicyclic amines) is 1. The number of hydrogen-bond donors (Lipinski definition) is 2. The highest BCUT2D eigenvalue weighted by atomic mass is 19.1. The number of pyridine rings is 1. The van der Waals surface area contributed by atoms with Gasteiger partial charge in [0, 0.05) is 24.7 Å². The van der Waals surface area contributed by atoms with Crippen LogP contribution in [0.15, 0.2) is 53.5 Å². The third-order valence-corrected chi connectivity index (χ3v) is 6.67. The summed E-state index contributed by atoms with van der Waals surface area (Å²) in [6.45, 7) is 3.34. The fourth-order valence-corrected chi connectivity index (χ4v) is 5.04. The molecular formula is C26H22FN3O4. The number of nitrogens with zero attached hydrogens (tertiary/aromatic N) is 2. The molecule has 2 aliphatic rings. The summed E-state index contributed by atoms with van der Waals surface area (Å²) in [4.78, 5) is 27.2. The highest BCUT2D eigenvalue weighted by molar-refractivity contribution is 6.02. The number of benzene rings is 3. The first-order valence-electron chi connectivity index (χ1n) is 11.3. The lowest BCUT2D eigenvalue weighted by atomic mass is 10.0. The Labute approximate surface area is 194 Å². The number of fused-ring (bicyclic) bond motifs is 4. The molecule has 0 saturated carbocycles. The number of rotatable bonds is 5. The lowest BCUT2D eigenvalue weighted by molar-refractivity contribution is 0.0695. The van der Waals surface area contributed by atoms with Gasteiger partial charge in [-0.1, -0.05) is 30.3 Å². The average molecular weight is 459 g/mol. The van der Waals surface area contributed by atoms with Crippen LogP contribution in [0.2, 0.25) is 0 Å². The van der Waals surface area contributed by atoms with Crippen molar-refractivity contribution in [3.05, 3.63) is 70.3 Å². The van der Waals surface area contributed by atoms with Crippen LogP contribution in [0, 0.1) is 5.82 Å². The molecule has 7 nitrogen and oxygen atoms in total. The predicted molar refractivity (Wildman–Crippen MR) is 128 cm³/mol. The number of carbonyl (C=O) groups is 1. The first-order valence-corrected chi connectivity index (χ1v) is 11.3. The minimum Gasteiger partial charge on any atom is -0.477 e. The highest BCUT2D eigenvalue weighted by Gasteiger charge is 2.29. The van der Waals surface area contributed by atoms with Crippen LogP contribution >= 0.6 is 0 Å². The standard InChI is InChI=1S/C26H22FN3O4/c27-19-13-17-23-25(21(19)28-9-12-29-10-3-4-11-29)34-20-8-7-15-5-1-2-6-16(15)22(20)30(23)14-18(24(17)31)26(32)33/h1-2,5-8,13-14,28H,3-4,9-12H2,(H,32,33). The molecule has 8 heteroatoms. The van der Waals surface area contributed by atoms with Crippen LogP contribution in [-0.2, 0) is 0 Å². The monoisotopic (exact) mass is 459 g/mol. The van der Waals surface area contributed by atoms with Gasteiger partial charge in [-0.15, -0.1) is 0 Å². The van der Waals surface area contributed by atoms with E-state index in [4.69, 9.17) is 4.74 Å². The minimum absolute atomic E-state index is 0.0314. The zero-order valence-corrected chi connectivity index (χ0v) is 18.3. The van der Waals surface area contributed by atoms with Gasteiger partial charge in [0.05, 0.1) is 11.1 Å². The van der Waals surface area contributed by atoms with Crippen molar-refractivity contribution in [2.24, 2.45) is 0 Å². The molecule has 0 radical (unpaired) electrons. The van der Waals surface area contributed by atoms with E-state index >= 15 is 4.39 Å². The molecule has 0 amide bonds. The summed E-state index contributed by atoms with van der Waals surface area (Å²) in [6, 6.07) is 12.4. The minimum atomic E-state index is -1.36. The van der Waals surface area contributed by atoms with Gasteiger partial charge in [0.1, 0.15) is 16.8 Å². The van der Waals surface area contributed by atoms with E-state index in [9.17, 15) is 14.7 Å². The molecule has 3 heterocycles. The van der Waals surface area contributed by atoms with E-state index in [1.807, 2.05) is 30.3 Å². The summed E-state index contributed by atoms with van der Waals surface area (Å²) in [5.74, 6) is -1.37. The van der Waals surface area contributed by atoms with E-state index in [2.05, 4.69) is 10.2 Å². The van der Waals surface area contributed by atoms with Gasteiger partial charge in [0.25, 0.3) is 0 Å². The molecule has 0 spiro atoms. The van der Waals surface area contributed by atoms with E-state index in [1.165, 1.54) is 19.0 Å². The number of nitrogens with one attached hydrogen (secondary N) is 1. The Kier molecular flexibility index (Phi) is 4.77.